The Balaban J connectivity index is 2.10. The number of carbonyl (C=O) groups excluding carboxylic acids is 2. The lowest BCUT2D eigenvalue weighted by atomic mass is 10.1. The van der Waals surface area contributed by atoms with Crippen LogP contribution in [0.3, 0.4) is 0 Å². The van der Waals surface area contributed by atoms with Gasteiger partial charge in [0.15, 0.2) is 0 Å². The molecule has 0 spiro atoms. The van der Waals surface area contributed by atoms with Crippen molar-refractivity contribution in [3.8, 4) is 5.75 Å². The average Bonchev–Trinajstić information content (AvgIpc) is 2.97. The van der Waals surface area contributed by atoms with Crippen LogP contribution in [0.4, 0.5) is 5.69 Å². The maximum atomic E-state index is 14.2. The molecule has 0 saturated carbocycles. The number of nitrogens with zero attached hydrogens (tertiary/aromatic N) is 2. The van der Waals surface area contributed by atoms with Crippen molar-refractivity contribution in [2.24, 2.45) is 0 Å². The Hall–Kier alpha value is -3.56. The van der Waals surface area contributed by atoms with Crippen molar-refractivity contribution >= 4 is 39.1 Å². The minimum absolute atomic E-state index is 0.0353. The molecule has 0 aliphatic heterocycles. The van der Waals surface area contributed by atoms with Crippen LogP contribution in [0.25, 0.3) is 0 Å². The standard InChI is InChI=1S/C31H38ClN3O5S/c1-6-23(4)33-31(37)28(7-2)34(20-24-12-11-13-26(18-24)40-5)30(36)21-35(29-19-25(32)17-16-22(29)3)41(38,39)27-14-9-8-10-15-27/h8-19,23,28H,6-7,20-21H2,1-5H3,(H,33,37)/t23-,28-/m0/s1. The molecule has 0 aromatic heterocycles. The number of rotatable bonds is 13. The topological polar surface area (TPSA) is 96.0 Å². The van der Waals surface area contributed by atoms with Crippen molar-refractivity contribution < 1.29 is 22.7 Å². The summed E-state index contributed by atoms with van der Waals surface area (Å²) in [7, 11) is -2.62. The second-order valence-corrected chi connectivity index (χ2v) is 12.2. The maximum Gasteiger partial charge on any atom is 0.264 e. The minimum atomic E-state index is -4.17. The third-order valence-corrected chi connectivity index (χ3v) is 8.93. The first kappa shape index (κ1) is 32.0. The molecule has 0 aliphatic carbocycles. The van der Waals surface area contributed by atoms with Crippen LogP contribution in [0, 0.1) is 6.92 Å². The highest BCUT2D eigenvalue weighted by atomic mass is 35.5. The number of hydrogen-bond acceptors (Lipinski definition) is 5. The molecule has 10 heteroatoms. The lowest BCUT2D eigenvalue weighted by Gasteiger charge is -2.34. The summed E-state index contributed by atoms with van der Waals surface area (Å²) in [5, 5.41) is 3.31. The highest BCUT2D eigenvalue weighted by Gasteiger charge is 2.34. The van der Waals surface area contributed by atoms with Gasteiger partial charge in [-0.2, -0.15) is 0 Å². The van der Waals surface area contributed by atoms with Gasteiger partial charge in [0, 0.05) is 17.6 Å². The van der Waals surface area contributed by atoms with E-state index < -0.39 is 28.5 Å². The van der Waals surface area contributed by atoms with E-state index in [9.17, 15) is 18.0 Å². The normalized spacial score (nSPS) is 12.7. The first-order valence-electron chi connectivity index (χ1n) is 13.6. The molecular weight excluding hydrogens is 562 g/mol. The fourth-order valence-corrected chi connectivity index (χ4v) is 6.07. The summed E-state index contributed by atoms with van der Waals surface area (Å²) in [6, 6.07) is 19.1. The van der Waals surface area contributed by atoms with Gasteiger partial charge in [-0.3, -0.25) is 13.9 Å². The van der Waals surface area contributed by atoms with Crippen molar-refractivity contribution in [2.75, 3.05) is 18.0 Å². The second-order valence-electron chi connectivity index (χ2n) is 9.87. The van der Waals surface area contributed by atoms with Crippen LogP contribution >= 0.6 is 11.6 Å². The van der Waals surface area contributed by atoms with E-state index in [-0.39, 0.29) is 29.1 Å². The van der Waals surface area contributed by atoms with Crippen LogP contribution in [0.15, 0.2) is 77.7 Å². The van der Waals surface area contributed by atoms with Gasteiger partial charge in [-0.15, -0.1) is 0 Å². The van der Waals surface area contributed by atoms with E-state index in [1.54, 1.807) is 62.6 Å². The Morgan fingerprint density at radius 3 is 2.32 bits per heavy atom. The summed E-state index contributed by atoms with van der Waals surface area (Å²) in [4.78, 5) is 29.1. The Bertz CT molecular complexity index is 1450. The Morgan fingerprint density at radius 1 is 0.976 bits per heavy atom. The quantitative estimate of drug-likeness (QED) is 0.277. The number of methoxy groups -OCH3 is 1. The predicted molar refractivity (Wildman–Crippen MR) is 163 cm³/mol. The van der Waals surface area contributed by atoms with Gasteiger partial charge in [0.25, 0.3) is 10.0 Å². The van der Waals surface area contributed by atoms with Gasteiger partial charge in [-0.1, -0.05) is 61.8 Å². The SMILES string of the molecule is CC[C@H](C)NC(=O)[C@H](CC)N(Cc1cccc(OC)c1)C(=O)CN(c1cc(Cl)ccc1C)S(=O)(=O)c1ccccc1. The zero-order chi connectivity index (χ0) is 30.2. The number of anilines is 1. The number of amides is 2. The zero-order valence-corrected chi connectivity index (χ0v) is 25.7. The summed E-state index contributed by atoms with van der Waals surface area (Å²) in [5.41, 5.74) is 1.65. The van der Waals surface area contributed by atoms with Crippen LogP contribution in [0.1, 0.15) is 44.7 Å². The molecule has 3 aromatic rings. The fourth-order valence-electron chi connectivity index (χ4n) is 4.41. The van der Waals surface area contributed by atoms with E-state index in [4.69, 9.17) is 16.3 Å². The minimum Gasteiger partial charge on any atom is -0.497 e. The molecular formula is C31H38ClN3O5S. The lowest BCUT2D eigenvalue weighted by molar-refractivity contribution is -0.140. The smallest absolute Gasteiger partial charge is 0.264 e. The van der Waals surface area contributed by atoms with Crippen molar-refractivity contribution in [1.29, 1.82) is 0 Å². The molecule has 0 fully saturated rings. The summed E-state index contributed by atoms with van der Waals surface area (Å²) in [5.74, 6) is -0.220. The molecule has 0 aliphatic rings. The summed E-state index contributed by atoms with van der Waals surface area (Å²) in [6.45, 7) is 6.99. The monoisotopic (exact) mass is 599 g/mol. The molecule has 0 radical (unpaired) electrons. The molecule has 3 aromatic carbocycles. The largest absolute Gasteiger partial charge is 0.497 e. The van der Waals surface area contributed by atoms with E-state index in [0.717, 1.165) is 16.3 Å². The van der Waals surface area contributed by atoms with Gasteiger partial charge in [0.1, 0.15) is 18.3 Å². The third-order valence-electron chi connectivity index (χ3n) is 6.92. The zero-order valence-electron chi connectivity index (χ0n) is 24.1. The highest BCUT2D eigenvalue weighted by molar-refractivity contribution is 7.92. The molecule has 3 rings (SSSR count). The first-order valence-corrected chi connectivity index (χ1v) is 15.4. The predicted octanol–water partition coefficient (Wildman–Crippen LogP) is 5.57. The molecule has 220 valence electrons. The molecule has 1 N–H and O–H groups in total. The van der Waals surface area contributed by atoms with Crippen molar-refractivity contribution in [2.45, 2.75) is 64.1 Å². The van der Waals surface area contributed by atoms with Gasteiger partial charge >= 0.3 is 0 Å². The maximum absolute atomic E-state index is 14.2. The number of benzene rings is 3. The number of carbonyl (C=O) groups is 2. The van der Waals surface area contributed by atoms with Gasteiger partial charge in [-0.05, 0) is 74.2 Å². The van der Waals surface area contributed by atoms with E-state index in [1.165, 1.54) is 23.1 Å². The van der Waals surface area contributed by atoms with Crippen molar-refractivity contribution in [3.63, 3.8) is 0 Å². The van der Waals surface area contributed by atoms with Gasteiger partial charge in [0.05, 0.1) is 17.7 Å². The molecule has 0 bridgehead atoms. The van der Waals surface area contributed by atoms with E-state index in [0.29, 0.717) is 22.8 Å². The molecule has 0 heterocycles. The van der Waals surface area contributed by atoms with E-state index >= 15 is 0 Å². The van der Waals surface area contributed by atoms with E-state index in [2.05, 4.69) is 5.32 Å². The number of nitrogens with one attached hydrogen (secondary N) is 1. The van der Waals surface area contributed by atoms with Crippen LogP contribution in [0.2, 0.25) is 5.02 Å². The summed E-state index contributed by atoms with van der Waals surface area (Å²) >= 11 is 6.29. The van der Waals surface area contributed by atoms with Gasteiger partial charge < -0.3 is 15.0 Å². The Labute approximate surface area is 248 Å². The fraction of sp³-hybridized carbons (Fsp3) is 0.355. The summed E-state index contributed by atoms with van der Waals surface area (Å²) < 4.78 is 34.4. The van der Waals surface area contributed by atoms with Crippen molar-refractivity contribution in [3.05, 3.63) is 88.9 Å². The number of hydrogen-bond donors (Lipinski definition) is 1. The van der Waals surface area contributed by atoms with Crippen LogP contribution < -0.4 is 14.4 Å². The van der Waals surface area contributed by atoms with Crippen LogP contribution in [-0.4, -0.2) is 50.9 Å². The molecule has 0 unspecified atom stereocenters. The first-order chi connectivity index (χ1) is 19.5. The highest BCUT2D eigenvalue weighted by Crippen LogP contribution is 2.30. The summed E-state index contributed by atoms with van der Waals surface area (Å²) in [6.07, 6.45) is 1.06. The van der Waals surface area contributed by atoms with E-state index in [1.807, 2.05) is 26.8 Å². The Kier molecular flexibility index (Phi) is 11.2. The second kappa shape index (κ2) is 14.4. The molecule has 41 heavy (non-hydrogen) atoms. The average molecular weight is 600 g/mol. The number of ether oxygens (including phenoxy) is 1. The molecule has 2 amide bonds. The lowest BCUT2D eigenvalue weighted by Crippen LogP contribution is -2.53. The molecule has 0 saturated heterocycles. The van der Waals surface area contributed by atoms with Gasteiger partial charge in [0.2, 0.25) is 11.8 Å². The van der Waals surface area contributed by atoms with Gasteiger partial charge in [-0.25, -0.2) is 8.42 Å². The van der Waals surface area contributed by atoms with Crippen LogP contribution in [-0.2, 0) is 26.2 Å². The van der Waals surface area contributed by atoms with Crippen LogP contribution in [0.5, 0.6) is 5.75 Å². The van der Waals surface area contributed by atoms with Crippen molar-refractivity contribution in [1.82, 2.24) is 10.2 Å². The molecule has 8 nitrogen and oxygen atoms in total. The Morgan fingerprint density at radius 2 is 1.68 bits per heavy atom. The third kappa shape index (κ3) is 8.01. The number of aryl methyl sites for hydroxylation is 1. The number of sulfonamides is 1. The number of halogens is 1. The molecule has 2 atom stereocenters.